The molecule has 0 heterocycles. The molecule has 0 saturated carbocycles. The third-order valence-corrected chi connectivity index (χ3v) is 3.77. The van der Waals surface area contributed by atoms with Crippen LogP contribution in [0.2, 0.25) is 0 Å². The Bertz CT molecular complexity index is 495. The highest BCUT2D eigenvalue weighted by Crippen LogP contribution is 2.33. The number of hydrogen-bond donors (Lipinski definition) is 0. The van der Waals surface area contributed by atoms with Crippen molar-refractivity contribution < 1.29 is 0 Å². The summed E-state index contributed by atoms with van der Waals surface area (Å²) in [6, 6.07) is 19.2. The molecule has 0 nitrogen and oxygen atoms in total. The minimum absolute atomic E-state index is 1.28. The van der Waals surface area contributed by atoms with Gasteiger partial charge in [0.05, 0.1) is 0 Å². The molecule has 0 atom stereocenters. The van der Waals surface area contributed by atoms with Crippen LogP contribution in [0.1, 0.15) is 18.1 Å². The summed E-state index contributed by atoms with van der Waals surface area (Å²) in [7, 11) is 0. The molecule has 2 rings (SSSR count). The lowest BCUT2D eigenvalue weighted by atomic mass is 10.2. The number of allylic oxidation sites excluding steroid dienone is 1. The molecule has 0 radical (unpaired) electrons. The van der Waals surface area contributed by atoms with Crippen LogP contribution in [-0.4, -0.2) is 0 Å². The summed E-state index contributed by atoms with van der Waals surface area (Å²) in [6.45, 7) is 4.20. The predicted octanol–water partition coefficient (Wildman–Crippen LogP) is 5.15. The first-order chi connectivity index (χ1) is 8.29. The maximum absolute atomic E-state index is 2.17. The molecule has 0 saturated heterocycles. The van der Waals surface area contributed by atoms with E-state index in [0.29, 0.717) is 0 Å². The van der Waals surface area contributed by atoms with E-state index in [4.69, 9.17) is 0 Å². The van der Waals surface area contributed by atoms with Crippen LogP contribution in [0.4, 0.5) is 0 Å². The molecule has 0 amide bonds. The van der Waals surface area contributed by atoms with Crippen molar-refractivity contribution in [1.82, 2.24) is 0 Å². The van der Waals surface area contributed by atoms with Crippen LogP contribution in [0.3, 0.4) is 0 Å². The van der Waals surface area contributed by atoms with Crippen molar-refractivity contribution in [2.45, 2.75) is 18.7 Å². The van der Waals surface area contributed by atoms with E-state index in [2.05, 4.69) is 68.5 Å². The molecule has 0 unspecified atom stereocenters. The number of benzene rings is 2. The second kappa shape index (κ2) is 5.74. The molecule has 1 heteroatoms. The van der Waals surface area contributed by atoms with Gasteiger partial charge in [-0.05, 0) is 31.5 Å². The lowest BCUT2D eigenvalue weighted by Crippen LogP contribution is -1.80. The quantitative estimate of drug-likeness (QED) is 0.669. The lowest BCUT2D eigenvalue weighted by molar-refractivity contribution is 1.38. The van der Waals surface area contributed by atoms with Gasteiger partial charge >= 0.3 is 0 Å². The van der Waals surface area contributed by atoms with Crippen LogP contribution < -0.4 is 0 Å². The second-order valence-electron chi connectivity index (χ2n) is 3.93. The third kappa shape index (κ3) is 3.24. The monoisotopic (exact) mass is 240 g/mol. The van der Waals surface area contributed by atoms with Gasteiger partial charge in [-0.15, -0.1) is 0 Å². The first-order valence-corrected chi connectivity index (χ1v) is 6.57. The van der Waals surface area contributed by atoms with Crippen molar-refractivity contribution in [2.75, 3.05) is 0 Å². The van der Waals surface area contributed by atoms with Gasteiger partial charge in [-0.1, -0.05) is 65.9 Å². The van der Waals surface area contributed by atoms with E-state index in [9.17, 15) is 0 Å². The maximum Gasteiger partial charge on any atom is 0.0152 e. The minimum atomic E-state index is 1.28. The molecule has 2 aromatic rings. The summed E-state index contributed by atoms with van der Waals surface area (Å²) in [4.78, 5) is 2.59. The Balaban J connectivity index is 2.19. The minimum Gasteiger partial charge on any atom is -0.0898 e. The Hall–Kier alpha value is -1.47. The summed E-state index contributed by atoms with van der Waals surface area (Å²) in [5, 5.41) is 0. The zero-order valence-electron chi connectivity index (χ0n) is 10.2. The van der Waals surface area contributed by atoms with E-state index in [1.807, 2.05) is 17.8 Å². The summed E-state index contributed by atoms with van der Waals surface area (Å²) in [6.07, 6.45) is 2.17. The predicted molar refractivity (Wildman–Crippen MR) is 77.1 cm³/mol. The van der Waals surface area contributed by atoms with Gasteiger partial charge in [0.25, 0.3) is 0 Å². The van der Waals surface area contributed by atoms with Gasteiger partial charge in [0.1, 0.15) is 0 Å². The molecule has 0 spiro atoms. The fraction of sp³-hybridized carbons (Fsp3) is 0.125. The van der Waals surface area contributed by atoms with Crippen LogP contribution in [-0.2, 0) is 0 Å². The molecule has 86 valence electrons. The van der Waals surface area contributed by atoms with Crippen molar-refractivity contribution in [1.29, 1.82) is 0 Å². The van der Waals surface area contributed by atoms with Crippen molar-refractivity contribution >= 4 is 16.7 Å². The number of rotatable bonds is 3. The van der Waals surface area contributed by atoms with Crippen molar-refractivity contribution in [2.24, 2.45) is 0 Å². The van der Waals surface area contributed by atoms with Crippen LogP contribution in [0.25, 0.3) is 4.91 Å². The van der Waals surface area contributed by atoms with Gasteiger partial charge in [-0.2, -0.15) is 0 Å². The SMILES string of the molecule is C/C=C(/Sc1ccc(C)cc1)c1ccccc1. The zero-order valence-corrected chi connectivity index (χ0v) is 11.0. The molecule has 0 bridgehead atoms. The highest BCUT2D eigenvalue weighted by atomic mass is 32.2. The number of hydrogen-bond acceptors (Lipinski definition) is 1. The average Bonchev–Trinajstić information content (AvgIpc) is 2.39. The molecule has 0 fully saturated rings. The Kier molecular flexibility index (Phi) is 4.05. The Labute approximate surface area is 107 Å². The standard InChI is InChI=1S/C16H16S/c1-3-16(14-7-5-4-6-8-14)17-15-11-9-13(2)10-12-15/h3-12H,1-2H3/b16-3+. The van der Waals surface area contributed by atoms with E-state index in [0.717, 1.165) is 0 Å². The normalized spacial score (nSPS) is 11.5. The zero-order chi connectivity index (χ0) is 12.1. The van der Waals surface area contributed by atoms with Crippen molar-refractivity contribution in [3.05, 3.63) is 71.8 Å². The molecule has 2 aromatic carbocycles. The summed E-state index contributed by atoms with van der Waals surface area (Å²) in [5.41, 5.74) is 2.58. The second-order valence-corrected chi connectivity index (χ2v) is 5.05. The van der Waals surface area contributed by atoms with Gasteiger partial charge in [0, 0.05) is 9.80 Å². The van der Waals surface area contributed by atoms with Crippen LogP contribution in [0, 0.1) is 6.92 Å². The lowest BCUT2D eigenvalue weighted by Gasteiger charge is -2.07. The number of thioether (sulfide) groups is 1. The van der Waals surface area contributed by atoms with E-state index >= 15 is 0 Å². The molecule has 0 aliphatic carbocycles. The largest absolute Gasteiger partial charge is 0.0898 e. The topological polar surface area (TPSA) is 0 Å². The van der Waals surface area contributed by atoms with Gasteiger partial charge in [-0.3, -0.25) is 0 Å². The van der Waals surface area contributed by atoms with Gasteiger partial charge in [-0.25, -0.2) is 0 Å². The first kappa shape index (κ1) is 12.0. The van der Waals surface area contributed by atoms with Crippen LogP contribution >= 0.6 is 11.8 Å². The Morgan fingerprint density at radius 3 is 2.18 bits per heavy atom. The van der Waals surface area contributed by atoms with Crippen molar-refractivity contribution in [3.63, 3.8) is 0 Å². The first-order valence-electron chi connectivity index (χ1n) is 5.76. The molecule has 17 heavy (non-hydrogen) atoms. The van der Waals surface area contributed by atoms with Gasteiger partial charge < -0.3 is 0 Å². The third-order valence-electron chi connectivity index (χ3n) is 2.57. The molecular weight excluding hydrogens is 224 g/mol. The van der Waals surface area contributed by atoms with E-state index in [1.165, 1.54) is 20.9 Å². The van der Waals surface area contributed by atoms with E-state index in [-0.39, 0.29) is 0 Å². The molecule has 0 aliphatic rings. The molecule has 0 aromatic heterocycles. The summed E-state index contributed by atoms with van der Waals surface area (Å²) < 4.78 is 0. The van der Waals surface area contributed by atoms with E-state index in [1.54, 1.807) is 0 Å². The summed E-state index contributed by atoms with van der Waals surface area (Å²) >= 11 is 1.81. The van der Waals surface area contributed by atoms with E-state index < -0.39 is 0 Å². The highest BCUT2D eigenvalue weighted by molar-refractivity contribution is 8.08. The Morgan fingerprint density at radius 2 is 1.59 bits per heavy atom. The molecule has 0 N–H and O–H groups in total. The molecular formula is C16H16S. The van der Waals surface area contributed by atoms with Crippen LogP contribution in [0.15, 0.2) is 65.6 Å². The maximum atomic E-state index is 2.17. The number of aryl methyl sites for hydroxylation is 1. The fourth-order valence-corrected chi connectivity index (χ4v) is 2.52. The van der Waals surface area contributed by atoms with Gasteiger partial charge in [0.2, 0.25) is 0 Å². The molecule has 0 aliphatic heterocycles. The Morgan fingerprint density at radius 1 is 0.941 bits per heavy atom. The van der Waals surface area contributed by atoms with Crippen LogP contribution in [0.5, 0.6) is 0 Å². The highest BCUT2D eigenvalue weighted by Gasteiger charge is 2.02. The van der Waals surface area contributed by atoms with Gasteiger partial charge in [0.15, 0.2) is 0 Å². The smallest absolute Gasteiger partial charge is 0.0152 e. The van der Waals surface area contributed by atoms with Crippen molar-refractivity contribution in [3.8, 4) is 0 Å². The fourth-order valence-electron chi connectivity index (χ4n) is 1.62. The average molecular weight is 240 g/mol. The summed E-state index contributed by atoms with van der Waals surface area (Å²) in [5.74, 6) is 0.